The van der Waals surface area contributed by atoms with Crippen LogP contribution in [0.2, 0.25) is 0 Å². The van der Waals surface area contributed by atoms with Crippen LogP contribution in [0.15, 0.2) is 0 Å². The summed E-state index contributed by atoms with van der Waals surface area (Å²) in [5, 5.41) is 0. The van der Waals surface area contributed by atoms with Gasteiger partial charge >= 0.3 is 6.18 Å². The van der Waals surface area contributed by atoms with Crippen LogP contribution in [0, 0.1) is 5.92 Å². The summed E-state index contributed by atoms with van der Waals surface area (Å²) >= 11 is 0. The smallest absolute Gasteiger partial charge is 0.341 e. The zero-order chi connectivity index (χ0) is 13.3. The zero-order valence-corrected chi connectivity index (χ0v) is 10.2. The van der Waals surface area contributed by atoms with Crippen LogP contribution in [0.4, 0.5) is 13.2 Å². The highest BCUT2D eigenvalue weighted by Gasteiger charge is 2.55. The molecule has 0 aromatic rings. The van der Waals surface area contributed by atoms with E-state index >= 15 is 0 Å². The molecule has 1 saturated heterocycles. The first-order valence-electron chi connectivity index (χ1n) is 5.81. The Morgan fingerprint density at radius 2 is 1.88 bits per heavy atom. The number of amides is 1. The zero-order valence-electron chi connectivity index (χ0n) is 10.2. The van der Waals surface area contributed by atoms with E-state index in [4.69, 9.17) is 5.73 Å². The van der Waals surface area contributed by atoms with E-state index in [0.29, 0.717) is 19.0 Å². The number of alkyl halides is 3. The van der Waals surface area contributed by atoms with Gasteiger partial charge in [0.2, 0.25) is 0 Å². The van der Waals surface area contributed by atoms with Crippen LogP contribution < -0.4 is 5.73 Å². The molecule has 6 heteroatoms. The van der Waals surface area contributed by atoms with Crippen LogP contribution in [-0.2, 0) is 4.79 Å². The molecule has 3 nitrogen and oxygen atoms in total. The summed E-state index contributed by atoms with van der Waals surface area (Å²) in [6.45, 7) is 3.51. The third kappa shape index (κ3) is 3.12. The molecule has 1 amide bonds. The minimum absolute atomic E-state index is 0.364. The molecule has 0 aliphatic carbocycles. The molecule has 2 atom stereocenters. The minimum Gasteiger partial charge on any atom is -0.341 e. The summed E-state index contributed by atoms with van der Waals surface area (Å²) < 4.78 is 37.9. The predicted molar refractivity (Wildman–Crippen MR) is 58.2 cm³/mol. The molecule has 1 heterocycles. The van der Waals surface area contributed by atoms with E-state index in [9.17, 15) is 18.0 Å². The molecule has 0 spiro atoms. The number of carbonyl (C=O) groups is 1. The van der Waals surface area contributed by atoms with Crippen LogP contribution in [-0.4, -0.2) is 35.6 Å². The van der Waals surface area contributed by atoms with Gasteiger partial charge in [-0.05, 0) is 32.1 Å². The van der Waals surface area contributed by atoms with Gasteiger partial charge in [-0.2, -0.15) is 13.2 Å². The first kappa shape index (κ1) is 14.3. The van der Waals surface area contributed by atoms with Crippen LogP contribution in [0.5, 0.6) is 0 Å². The third-order valence-corrected chi connectivity index (χ3v) is 3.34. The lowest BCUT2D eigenvalue weighted by atomic mass is 10.0. The van der Waals surface area contributed by atoms with Gasteiger partial charge in [0.1, 0.15) is 0 Å². The van der Waals surface area contributed by atoms with Gasteiger partial charge in [0.05, 0.1) is 0 Å². The Bertz CT molecular complexity index is 289. The predicted octanol–water partition coefficient (Wildman–Crippen LogP) is 1.91. The summed E-state index contributed by atoms with van der Waals surface area (Å²) in [6, 6.07) is 0. The van der Waals surface area contributed by atoms with Crippen LogP contribution >= 0.6 is 0 Å². The molecule has 0 aromatic carbocycles. The Morgan fingerprint density at radius 1 is 1.29 bits per heavy atom. The maximum atomic E-state index is 12.6. The van der Waals surface area contributed by atoms with Gasteiger partial charge < -0.3 is 10.6 Å². The molecule has 1 rings (SSSR count). The molecular formula is C11H19F3N2O. The third-order valence-electron chi connectivity index (χ3n) is 3.34. The van der Waals surface area contributed by atoms with Crippen molar-refractivity contribution >= 4 is 5.91 Å². The Hall–Kier alpha value is -0.780. The molecular weight excluding hydrogens is 233 g/mol. The molecule has 2 unspecified atom stereocenters. The van der Waals surface area contributed by atoms with Gasteiger partial charge in [0, 0.05) is 13.1 Å². The highest BCUT2D eigenvalue weighted by molar-refractivity contribution is 5.86. The topological polar surface area (TPSA) is 46.3 Å². The summed E-state index contributed by atoms with van der Waals surface area (Å²) in [4.78, 5) is 13.1. The standard InChI is InChI=1S/C11H19F3N2O/c1-8-4-3-6-16(7-5-8)9(17)10(2,15)11(12,13)14/h8H,3-7,15H2,1-2H3. The number of rotatable bonds is 1. The molecule has 0 saturated carbocycles. The van der Waals surface area contributed by atoms with Gasteiger partial charge in [-0.3, -0.25) is 4.79 Å². The van der Waals surface area contributed by atoms with E-state index in [1.54, 1.807) is 0 Å². The van der Waals surface area contributed by atoms with Crippen molar-refractivity contribution < 1.29 is 18.0 Å². The van der Waals surface area contributed by atoms with Crippen molar-refractivity contribution in [3.8, 4) is 0 Å². The lowest BCUT2D eigenvalue weighted by Crippen LogP contribution is -2.62. The fourth-order valence-electron chi connectivity index (χ4n) is 1.92. The highest BCUT2D eigenvalue weighted by Crippen LogP contribution is 2.30. The maximum absolute atomic E-state index is 12.6. The lowest BCUT2D eigenvalue weighted by molar-refractivity contribution is -0.193. The quantitative estimate of drug-likeness (QED) is 0.775. The van der Waals surface area contributed by atoms with Crippen molar-refractivity contribution in [2.45, 2.75) is 44.8 Å². The first-order valence-corrected chi connectivity index (χ1v) is 5.81. The molecule has 1 aliphatic heterocycles. The second-order valence-electron chi connectivity index (χ2n) is 5.03. The molecule has 0 bridgehead atoms. The molecule has 1 fully saturated rings. The number of likely N-dealkylation sites (tertiary alicyclic amines) is 1. The Morgan fingerprint density at radius 3 is 2.41 bits per heavy atom. The fourth-order valence-corrected chi connectivity index (χ4v) is 1.92. The molecule has 100 valence electrons. The number of nitrogens with two attached hydrogens (primary N) is 1. The normalized spacial score (nSPS) is 26.2. The van der Waals surface area contributed by atoms with E-state index in [2.05, 4.69) is 0 Å². The van der Waals surface area contributed by atoms with E-state index < -0.39 is 17.6 Å². The number of hydrogen-bond acceptors (Lipinski definition) is 2. The van der Waals surface area contributed by atoms with E-state index in [-0.39, 0.29) is 0 Å². The van der Waals surface area contributed by atoms with Crippen molar-refractivity contribution in [3.63, 3.8) is 0 Å². The fraction of sp³-hybridized carbons (Fsp3) is 0.909. The van der Waals surface area contributed by atoms with Crippen molar-refractivity contribution in [1.82, 2.24) is 4.90 Å². The van der Waals surface area contributed by atoms with Crippen LogP contribution in [0.3, 0.4) is 0 Å². The number of hydrogen-bond donors (Lipinski definition) is 1. The Balaban J connectivity index is 2.76. The summed E-state index contributed by atoms with van der Waals surface area (Å²) in [5.74, 6) is -0.568. The average molecular weight is 252 g/mol. The molecule has 17 heavy (non-hydrogen) atoms. The average Bonchev–Trinajstić information content (AvgIpc) is 2.40. The second kappa shape index (κ2) is 4.84. The van der Waals surface area contributed by atoms with Crippen molar-refractivity contribution in [1.29, 1.82) is 0 Å². The van der Waals surface area contributed by atoms with E-state index in [1.807, 2.05) is 6.92 Å². The Kier molecular flexibility index (Phi) is 4.06. The largest absolute Gasteiger partial charge is 0.415 e. The molecule has 0 radical (unpaired) electrons. The van der Waals surface area contributed by atoms with Crippen molar-refractivity contribution in [3.05, 3.63) is 0 Å². The van der Waals surface area contributed by atoms with Gasteiger partial charge in [-0.1, -0.05) is 6.92 Å². The van der Waals surface area contributed by atoms with Gasteiger partial charge in [0.25, 0.3) is 5.91 Å². The summed E-state index contributed by atoms with van der Waals surface area (Å²) in [6.07, 6.45) is -2.29. The minimum atomic E-state index is -4.71. The van der Waals surface area contributed by atoms with Gasteiger partial charge in [-0.25, -0.2) is 0 Å². The maximum Gasteiger partial charge on any atom is 0.415 e. The summed E-state index contributed by atoms with van der Waals surface area (Å²) in [5.41, 5.74) is 2.36. The van der Waals surface area contributed by atoms with Crippen LogP contribution in [0.25, 0.3) is 0 Å². The molecule has 1 aliphatic rings. The van der Waals surface area contributed by atoms with Crippen molar-refractivity contribution in [2.24, 2.45) is 11.7 Å². The van der Waals surface area contributed by atoms with E-state index in [1.165, 1.54) is 4.90 Å². The summed E-state index contributed by atoms with van der Waals surface area (Å²) in [7, 11) is 0. The SMILES string of the molecule is CC1CCCN(C(=O)C(C)(N)C(F)(F)F)CC1. The van der Waals surface area contributed by atoms with E-state index in [0.717, 1.165) is 26.2 Å². The number of halogens is 3. The highest BCUT2D eigenvalue weighted by atomic mass is 19.4. The first-order chi connectivity index (χ1) is 7.66. The van der Waals surface area contributed by atoms with Gasteiger partial charge in [-0.15, -0.1) is 0 Å². The molecule has 0 aromatic heterocycles. The molecule has 2 N–H and O–H groups in total. The lowest BCUT2D eigenvalue weighted by Gasteiger charge is -2.32. The Labute approximate surface area is 99.1 Å². The van der Waals surface area contributed by atoms with Crippen molar-refractivity contribution in [2.75, 3.05) is 13.1 Å². The van der Waals surface area contributed by atoms with Crippen LogP contribution in [0.1, 0.15) is 33.1 Å². The number of nitrogens with zero attached hydrogens (tertiary/aromatic N) is 1. The number of carbonyl (C=O) groups excluding carboxylic acids is 1. The van der Waals surface area contributed by atoms with Gasteiger partial charge in [0.15, 0.2) is 5.54 Å². The monoisotopic (exact) mass is 252 g/mol. The second-order valence-corrected chi connectivity index (χ2v) is 5.03.